The third-order valence-electron chi connectivity index (χ3n) is 0. The van der Waals surface area contributed by atoms with Crippen LogP contribution < -0.4 is 0 Å². The van der Waals surface area contributed by atoms with Gasteiger partial charge < -0.3 is 4.90 Å². The molecule has 0 aromatic rings. The smallest absolute Gasteiger partial charge is 0 e. The highest BCUT2D eigenvalue weighted by Gasteiger charge is 1.58. The maximum absolute atomic E-state index is 2.00. The lowest BCUT2D eigenvalue weighted by molar-refractivity contribution is 0.505. The van der Waals surface area contributed by atoms with Crippen molar-refractivity contribution in [3.05, 3.63) is 0 Å². The molecule has 0 N–H and O–H groups in total. The van der Waals surface area contributed by atoms with Gasteiger partial charge in [-0.3, -0.25) is 0 Å². The van der Waals surface area contributed by atoms with Gasteiger partial charge in [-0.15, -0.1) is 0 Å². The quantitative estimate of drug-likeness (QED) is 0.388. The fraction of sp³-hybridized carbons (Fsp3) is 1.00. The second-order valence-corrected chi connectivity index (χ2v) is 1.34. The van der Waals surface area contributed by atoms with E-state index >= 15 is 0 Å². The summed E-state index contributed by atoms with van der Waals surface area (Å²) in [6.45, 7) is 0. The summed E-state index contributed by atoms with van der Waals surface area (Å²) in [5.41, 5.74) is 0. The summed E-state index contributed by atoms with van der Waals surface area (Å²) in [5, 5.41) is 0. The monoisotopic (exact) mass is 104 g/mol. The molecule has 0 rings (SSSR count). The molecule has 0 amide bonds. The molecule has 0 saturated heterocycles. The number of nitrogens with zero attached hydrogens (tertiary/aromatic N) is 1. The molecule has 0 aromatic heterocycles. The fourth-order valence-electron chi connectivity index (χ4n) is 0. The van der Waals surface area contributed by atoms with Gasteiger partial charge in [-0.05, 0) is 21.1 Å². The summed E-state index contributed by atoms with van der Waals surface area (Å²) in [4.78, 5) is 2.00. The van der Waals surface area contributed by atoms with E-state index in [1.165, 1.54) is 0 Å². The zero-order chi connectivity index (χ0) is 3.58. The van der Waals surface area contributed by atoms with Gasteiger partial charge in [0.15, 0.2) is 0 Å². The van der Waals surface area contributed by atoms with Crippen LogP contribution in [0.2, 0.25) is 0 Å². The third kappa shape index (κ3) is 354. The first-order valence-corrected chi connectivity index (χ1v) is 1.34. The highest BCUT2D eigenvalue weighted by atomic mass is 32.1. The van der Waals surface area contributed by atoms with Gasteiger partial charge in [0, 0.05) is 8.41 Å². The van der Waals surface area contributed by atoms with Crippen molar-refractivity contribution in [1.82, 2.24) is 4.90 Å². The van der Waals surface area contributed by atoms with Crippen LogP contribution in [-0.4, -0.2) is 34.5 Å². The molecule has 6 heavy (non-hydrogen) atoms. The Labute approximate surface area is 48.7 Å². The van der Waals surface area contributed by atoms with E-state index in [1.54, 1.807) is 0 Å². The van der Waals surface area contributed by atoms with Crippen molar-refractivity contribution >= 4 is 21.9 Å². The summed E-state index contributed by atoms with van der Waals surface area (Å²) in [7, 11) is 6.00. The molecule has 0 unspecified atom stereocenters. The minimum absolute atomic E-state index is 0. The lowest BCUT2D eigenvalue weighted by Crippen LogP contribution is -1.99. The van der Waals surface area contributed by atoms with Crippen molar-refractivity contribution in [1.29, 1.82) is 0 Å². The van der Waals surface area contributed by atoms with E-state index in [1.807, 2.05) is 26.0 Å². The van der Waals surface area contributed by atoms with Gasteiger partial charge in [-0.25, -0.2) is 0 Å². The van der Waals surface area contributed by atoms with E-state index in [2.05, 4.69) is 0 Å². The number of rotatable bonds is 0. The van der Waals surface area contributed by atoms with Crippen LogP contribution in [0.1, 0.15) is 0 Å². The SMILES string of the molecule is CN(C)C.S.[B]. The van der Waals surface area contributed by atoms with Gasteiger partial charge in [0.2, 0.25) is 0 Å². The Bertz CT molecular complexity index is 15.5. The number of hydrogen-bond donors (Lipinski definition) is 0. The molecule has 37 valence electrons. The van der Waals surface area contributed by atoms with E-state index in [0.717, 1.165) is 0 Å². The molecule has 0 saturated carbocycles. The van der Waals surface area contributed by atoms with Gasteiger partial charge >= 0.3 is 0 Å². The molecule has 0 spiro atoms. The van der Waals surface area contributed by atoms with E-state index in [-0.39, 0.29) is 21.9 Å². The Kier molecular flexibility index (Phi) is 24.3. The molecule has 0 aliphatic carbocycles. The van der Waals surface area contributed by atoms with Crippen molar-refractivity contribution < 1.29 is 0 Å². The first-order chi connectivity index (χ1) is 1.73. The van der Waals surface area contributed by atoms with Gasteiger partial charge in [-0.2, -0.15) is 13.5 Å². The van der Waals surface area contributed by atoms with Gasteiger partial charge in [-0.1, -0.05) is 0 Å². The molecule has 0 bridgehead atoms. The maximum atomic E-state index is 2.00. The minimum atomic E-state index is 0. The molecule has 0 aliphatic heterocycles. The van der Waals surface area contributed by atoms with E-state index in [9.17, 15) is 0 Å². The summed E-state index contributed by atoms with van der Waals surface area (Å²) in [5.74, 6) is 0. The fourth-order valence-corrected chi connectivity index (χ4v) is 0. The zero-order valence-corrected chi connectivity index (χ0v) is 5.52. The van der Waals surface area contributed by atoms with Gasteiger partial charge in [0.1, 0.15) is 0 Å². The van der Waals surface area contributed by atoms with Crippen LogP contribution >= 0.6 is 13.5 Å². The molecular weight excluding hydrogens is 92.9 g/mol. The summed E-state index contributed by atoms with van der Waals surface area (Å²) in [6.07, 6.45) is 0. The van der Waals surface area contributed by atoms with E-state index < -0.39 is 0 Å². The maximum Gasteiger partial charge on any atom is 0 e. The predicted octanol–water partition coefficient (Wildman–Crippen LogP) is -0.0902. The first kappa shape index (κ1) is 16.2. The van der Waals surface area contributed by atoms with Gasteiger partial charge in [0.05, 0.1) is 0 Å². The Morgan fingerprint density at radius 3 is 1.00 bits per heavy atom. The molecule has 0 fully saturated rings. The van der Waals surface area contributed by atoms with Crippen molar-refractivity contribution in [3.8, 4) is 0 Å². The topological polar surface area (TPSA) is 3.24 Å². The minimum Gasteiger partial charge on any atom is -0.312 e. The van der Waals surface area contributed by atoms with Crippen LogP contribution in [0, 0.1) is 0 Å². The van der Waals surface area contributed by atoms with Crippen LogP contribution in [0.15, 0.2) is 0 Å². The van der Waals surface area contributed by atoms with Crippen molar-refractivity contribution in [2.45, 2.75) is 0 Å². The van der Waals surface area contributed by atoms with Crippen molar-refractivity contribution in [2.75, 3.05) is 21.1 Å². The van der Waals surface area contributed by atoms with Crippen LogP contribution in [0.25, 0.3) is 0 Å². The molecule has 3 heteroatoms. The second kappa shape index (κ2) is 9.03. The molecule has 0 aliphatic rings. The van der Waals surface area contributed by atoms with E-state index in [0.29, 0.717) is 0 Å². The van der Waals surface area contributed by atoms with Crippen LogP contribution in [0.3, 0.4) is 0 Å². The molecule has 3 radical (unpaired) electrons. The Hall–Kier alpha value is 0.375. The first-order valence-electron chi connectivity index (χ1n) is 1.34. The molecule has 0 atom stereocenters. The molecular formula is C3H11BNS. The summed E-state index contributed by atoms with van der Waals surface area (Å²) < 4.78 is 0. The second-order valence-electron chi connectivity index (χ2n) is 1.34. The van der Waals surface area contributed by atoms with Crippen LogP contribution in [-0.2, 0) is 0 Å². The molecule has 0 heterocycles. The third-order valence-corrected chi connectivity index (χ3v) is 0. The van der Waals surface area contributed by atoms with Crippen LogP contribution in [0.4, 0.5) is 0 Å². The van der Waals surface area contributed by atoms with E-state index in [4.69, 9.17) is 0 Å². The van der Waals surface area contributed by atoms with Crippen LogP contribution in [0.5, 0.6) is 0 Å². The molecule has 1 nitrogen and oxygen atoms in total. The largest absolute Gasteiger partial charge is 0.312 e. The highest BCUT2D eigenvalue weighted by molar-refractivity contribution is 7.59. The molecule has 0 aromatic carbocycles. The van der Waals surface area contributed by atoms with Gasteiger partial charge in [0.25, 0.3) is 0 Å². The van der Waals surface area contributed by atoms with Crippen molar-refractivity contribution in [3.63, 3.8) is 0 Å². The highest BCUT2D eigenvalue weighted by Crippen LogP contribution is 1.47. The summed E-state index contributed by atoms with van der Waals surface area (Å²) >= 11 is 0. The predicted molar refractivity (Wildman–Crippen MR) is 35.7 cm³/mol. The standard InChI is InChI=1S/C3H9N.B.H2S/c1-4(2)3;;/h1-3H3;;1H2. The Morgan fingerprint density at radius 1 is 1.00 bits per heavy atom. The average molecular weight is 104 g/mol. The lowest BCUT2D eigenvalue weighted by Gasteiger charge is -1.90. The normalized spacial score (nSPS) is 6.00. The number of hydrogen-bond acceptors (Lipinski definition) is 1. The average Bonchev–Trinajstić information content (AvgIpc) is 0.811. The summed E-state index contributed by atoms with van der Waals surface area (Å²) in [6, 6.07) is 0. The zero-order valence-electron chi connectivity index (χ0n) is 4.52. The Morgan fingerprint density at radius 2 is 1.00 bits per heavy atom. The Balaban J connectivity index is -0.0000000450. The lowest BCUT2D eigenvalue weighted by atomic mass is 10.8. The van der Waals surface area contributed by atoms with Crippen molar-refractivity contribution in [2.24, 2.45) is 0 Å².